The lowest BCUT2D eigenvalue weighted by Gasteiger charge is -2.34. The van der Waals surface area contributed by atoms with Crippen molar-refractivity contribution in [1.82, 2.24) is 9.80 Å². The third-order valence-electron chi connectivity index (χ3n) is 4.27. The lowest BCUT2D eigenvalue weighted by molar-refractivity contribution is 0.0518. The zero-order chi connectivity index (χ0) is 18.5. The highest BCUT2D eigenvalue weighted by atomic mass is 16.5. The van der Waals surface area contributed by atoms with Gasteiger partial charge >= 0.3 is 0 Å². The number of piperazine rings is 1. The first-order chi connectivity index (χ1) is 12.5. The molecule has 6 nitrogen and oxygen atoms in total. The maximum atomic E-state index is 12.6. The van der Waals surface area contributed by atoms with E-state index < -0.39 is 0 Å². The molecule has 3 rings (SSSR count). The smallest absolute Gasteiger partial charge is 0.289 e. The first-order valence-corrected chi connectivity index (χ1v) is 8.89. The van der Waals surface area contributed by atoms with Gasteiger partial charge in [-0.05, 0) is 42.3 Å². The van der Waals surface area contributed by atoms with E-state index in [0.717, 1.165) is 5.75 Å². The highest BCUT2D eigenvalue weighted by Crippen LogP contribution is 2.16. The molecule has 1 aliphatic rings. The Morgan fingerprint density at radius 3 is 2.15 bits per heavy atom. The van der Waals surface area contributed by atoms with Crippen LogP contribution in [0.5, 0.6) is 5.75 Å². The summed E-state index contributed by atoms with van der Waals surface area (Å²) in [6, 6.07) is 10.6. The van der Waals surface area contributed by atoms with E-state index in [1.807, 2.05) is 12.1 Å². The molecule has 138 valence electrons. The molecule has 1 aliphatic heterocycles. The molecule has 0 saturated carbocycles. The van der Waals surface area contributed by atoms with Gasteiger partial charge in [0.25, 0.3) is 11.8 Å². The molecular weight excluding hydrogens is 332 g/mol. The van der Waals surface area contributed by atoms with Gasteiger partial charge in [0.1, 0.15) is 5.75 Å². The summed E-state index contributed by atoms with van der Waals surface area (Å²) < 4.78 is 10.8. The fourth-order valence-corrected chi connectivity index (χ4v) is 2.81. The zero-order valence-electron chi connectivity index (χ0n) is 15.2. The Balaban J connectivity index is 1.54. The molecule has 0 bridgehead atoms. The van der Waals surface area contributed by atoms with E-state index in [2.05, 4.69) is 13.8 Å². The Morgan fingerprint density at radius 2 is 1.62 bits per heavy atom. The topological polar surface area (TPSA) is 63.0 Å². The lowest BCUT2D eigenvalue weighted by atomic mass is 10.1. The van der Waals surface area contributed by atoms with Crippen molar-refractivity contribution in [1.29, 1.82) is 0 Å². The third-order valence-corrected chi connectivity index (χ3v) is 4.27. The van der Waals surface area contributed by atoms with Gasteiger partial charge < -0.3 is 19.0 Å². The minimum Gasteiger partial charge on any atom is -0.493 e. The van der Waals surface area contributed by atoms with Gasteiger partial charge in [-0.25, -0.2) is 0 Å². The van der Waals surface area contributed by atoms with Crippen molar-refractivity contribution in [2.24, 2.45) is 5.92 Å². The van der Waals surface area contributed by atoms with Crippen LogP contribution in [-0.2, 0) is 0 Å². The first kappa shape index (κ1) is 18.0. The van der Waals surface area contributed by atoms with E-state index in [-0.39, 0.29) is 11.8 Å². The second-order valence-corrected chi connectivity index (χ2v) is 6.79. The molecule has 0 atom stereocenters. The first-order valence-electron chi connectivity index (χ1n) is 8.89. The summed E-state index contributed by atoms with van der Waals surface area (Å²) in [5, 5.41) is 0. The summed E-state index contributed by atoms with van der Waals surface area (Å²) in [4.78, 5) is 28.4. The van der Waals surface area contributed by atoms with Crippen LogP contribution in [0, 0.1) is 5.92 Å². The van der Waals surface area contributed by atoms with Crippen LogP contribution in [0.15, 0.2) is 47.1 Å². The van der Waals surface area contributed by atoms with Gasteiger partial charge in [0.05, 0.1) is 12.9 Å². The number of carbonyl (C=O) groups excluding carboxylic acids is 2. The monoisotopic (exact) mass is 356 g/mol. The quantitative estimate of drug-likeness (QED) is 0.826. The largest absolute Gasteiger partial charge is 0.493 e. The fraction of sp³-hybridized carbons (Fsp3) is 0.400. The molecule has 2 aromatic rings. The van der Waals surface area contributed by atoms with E-state index in [1.165, 1.54) is 6.26 Å². The number of carbonyl (C=O) groups is 2. The van der Waals surface area contributed by atoms with Gasteiger partial charge in [0, 0.05) is 31.7 Å². The van der Waals surface area contributed by atoms with Crippen LogP contribution < -0.4 is 4.74 Å². The molecule has 0 N–H and O–H groups in total. The average Bonchev–Trinajstić information content (AvgIpc) is 3.20. The van der Waals surface area contributed by atoms with Gasteiger partial charge in [-0.1, -0.05) is 13.8 Å². The predicted molar refractivity (Wildman–Crippen MR) is 97.3 cm³/mol. The van der Waals surface area contributed by atoms with Crippen molar-refractivity contribution < 1.29 is 18.7 Å². The average molecular weight is 356 g/mol. The fourth-order valence-electron chi connectivity index (χ4n) is 2.81. The molecule has 1 aromatic carbocycles. The Bertz CT molecular complexity index is 730. The van der Waals surface area contributed by atoms with Crippen molar-refractivity contribution in [3.05, 3.63) is 54.0 Å². The SMILES string of the molecule is CC(C)COc1ccc(C(=O)N2CCN(C(=O)c3ccco3)CC2)cc1. The molecule has 0 spiro atoms. The maximum absolute atomic E-state index is 12.6. The van der Waals surface area contributed by atoms with Crippen LogP contribution in [0.2, 0.25) is 0 Å². The van der Waals surface area contributed by atoms with E-state index >= 15 is 0 Å². The van der Waals surface area contributed by atoms with Crippen molar-refractivity contribution in [3.63, 3.8) is 0 Å². The summed E-state index contributed by atoms with van der Waals surface area (Å²) in [6.45, 7) is 6.86. The summed E-state index contributed by atoms with van der Waals surface area (Å²) >= 11 is 0. The number of hydrogen-bond donors (Lipinski definition) is 0. The Kier molecular flexibility index (Phi) is 5.61. The Morgan fingerprint density at radius 1 is 1.00 bits per heavy atom. The van der Waals surface area contributed by atoms with Crippen LogP contribution in [0.25, 0.3) is 0 Å². The van der Waals surface area contributed by atoms with Gasteiger partial charge in [0.15, 0.2) is 5.76 Å². The molecular formula is C20H24N2O4. The van der Waals surface area contributed by atoms with Crippen molar-refractivity contribution >= 4 is 11.8 Å². The minimum atomic E-state index is -0.131. The van der Waals surface area contributed by atoms with Crippen LogP contribution in [-0.4, -0.2) is 54.4 Å². The lowest BCUT2D eigenvalue weighted by Crippen LogP contribution is -2.50. The van der Waals surface area contributed by atoms with Crippen LogP contribution in [0.3, 0.4) is 0 Å². The second kappa shape index (κ2) is 8.08. The summed E-state index contributed by atoms with van der Waals surface area (Å²) in [6.07, 6.45) is 1.49. The van der Waals surface area contributed by atoms with Crippen LogP contribution in [0.4, 0.5) is 0 Å². The van der Waals surface area contributed by atoms with Gasteiger partial charge in [-0.3, -0.25) is 9.59 Å². The van der Waals surface area contributed by atoms with Crippen molar-refractivity contribution in [3.8, 4) is 5.75 Å². The van der Waals surface area contributed by atoms with E-state index in [0.29, 0.717) is 50.0 Å². The standard InChI is InChI=1S/C20H24N2O4/c1-15(2)14-26-17-7-5-16(6-8-17)19(23)21-9-11-22(12-10-21)20(24)18-4-3-13-25-18/h3-8,13,15H,9-12,14H2,1-2H3. The normalized spacial score (nSPS) is 14.6. The van der Waals surface area contributed by atoms with Gasteiger partial charge in [-0.15, -0.1) is 0 Å². The van der Waals surface area contributed by atoms with Crippen molar-refractivity contribution in [2.45, 2.75) is 13.8 Å². The van der Waals surface area contributed by atoms with Gasteiger partial charge in [-0.2, -0.15) is 0 Å². The number of ether oxygens (including phenoxy) is 1. The molecule has 0 radical (unpaired) electrons. The number of benzene rings is 1. The second-order valence-electron chi connectivity index (χ2n) is 6.79. The number of furan rings is 1. The molecule has 0 aliphatic carbocycles. The minimum absolute atomic E-state index is 0.0227. The van der Waals surface area contributed by atoms with Gasteiger partial charge in [0.2, 0.25) is 0 Å². The van der Waals surface area contributed by atoms with Crippen molar-refractivity contribution in [2.75, 3.05) is 32.8 Å². The Hall–Kier alpha value is -2.76. The van der Waals surface area contributed by atoms with Crippen LogP contribution >= 0.6 is 0 Å². The van der Waals surface area contributed by atoms with E-state index in [1.54, 1.807) is 34.1 Å². The number of nitrogens with zero attached hydrogens (tertiary/aromatic N) is 2. The third kappa shape index (κ3) is 4.25. The summed E-state index contributed by atoms with van der Waals surface area (Å²) in [7, 11) is 0. The molecule has 0 unspecified atom stereocenters. The van der Waals surface area contributed by atoms with E-state index in [9.17, 15) is 9.59 Å². The molecule has 26 heavy (non-hydrogen) atoms. The molecule has 2 heterocycles. The van der Waals surface area contributed by atoms with Crippen LogP contribution in [0.1, 0.15) is 34.8 Å². The maximum Gasteiger partial charge on any atom is 0.289 e. The predicted octanol–water partition coefficient (Wildman–Crippen LogP) is 2.91. The molecule has 1 fully saturated rings. The highest BCUT2D eigenvalue weighted by molar-refractivity contribution is 5.95. The highest BCUT2D eigenvalue weighted by Gasteiger charge is 2.26. The number of hydrogen-bond acceptors (Lipinski definition) is 4. The number of rotatable bonds is 5. The summed E-state index contributed by atoms with van der Waals surface area (Å²) in [5.41, 5.74) is 0.632. The molecule has 1 aromatic heterocycles. The summed E-state index contributed by atoms with van der Waals surface area (Å²) in [5.74, 6) is 1.40. The zero-order valence-corrected chi connectivity index (χ0v) is 15.2. The number of amides is 2. The molecule has 1 saturated heterocycles. The van der Waals surface area contributed by atoms with E-state index in [4.69, 9.17) is 9.15 Å². The molecule has 2 amide bonds. The Labute approximate surface area is 153 Å². The molecule has 6 heteroatoms.